The summed E-state index contributed by atoms with van der Waals surface area (Å²) in [7, 11) is 2.24. The summed E-state index contributed by atoms with van der Waals surface area (Å²) in [6.07, 6.45) is 7.05. The Labute approximate surface area is 117 Å². The fourth-order valence-electron chi connectivity index (χ4n) is 3.13. The smallest absolute Gasteiger partial charge is 0.0416 e. The normalized spacial score (nSPS) is 23.1. The van der Waals surface area contributed by atoms with Crippen LogP contribution in [-0.2, 0) is 6.42 Å². The highest BCUT2D eigenvalue weighted by atomic mass is 15.1. The fourth-order valence-corrected chi connectivity index (χ4v) is 3.13. The van der Waals surface area contributed by atoms with Crippen LogP contribution >= 0.6 is 0 Å². The predicted octanol–water partition coefficient (Wildman–Crippen LogP) is 2.33. The summed E-state index contributed by atoms with van der Waals surface area (Å²) < 4.78 is 0. The molecule has 19 heavy (non-hydrogen) atoms. The van der Waals surface area contributed by atoms with Crippen LogP contribution < -0.4 is 5.32 Å². The Morgan fingerprint density at radius 1 is 1.37 bits per heavy atom. The molecule has 0 radical (unpaired) electrons. The first-order chi connectivity index (χ1) is 9.29. The molecule has 0 amide bonds. The van der Waals surface area contributed by atoms with Gasteiger partial charge >= 0.3 is 0 Å². The Morgan fingerprint density at radius 3 is 3.00 bits per heavy atom. The summed E-state index contributed by atoms with van der Waals surface area (Å²) in [5.41, 5.74) is 1.20. The Bertz CT molecular complexity index is 352. The van der Waals surface area contributed by atoms with Crippen LogP contribution in [0, 0.1) is 5.92 Å². The van der Waals surface area contributed by atoms with E-state index in [9.17, 15) is 0 Å². The third kappa shape index (κ3) is 4.59. The van der Waals surface area contributed by atoms with Gasteiger partial charge in [-0.2, -0.15) is 0 Å². The van der Waals surface area contributed by atoms with Crippen LogP contribution in [0.4, 0.5) is 0 Å². The molecule has 1 N–H and O–H groups in total. The molecule has 1 aromatic heterocycles. The zero-order chi connectivity index (χ0) is 13.5. The van der Waals surface area contributed by atoms with E-state index in [4.69, 9.17) is 0 Å². The van der Waals surface area contributed by atoms with Crippen molar-refractivity contribution in [3.63, 3.8) is 0 Å². The number of hydrogen-bond donors (Lipinski definition) is 1. The van der Waals surface area contributed by atoms with Crippen molar-refractivity contribution in [2.24, 2.45) is 5.92 Å². The van der Waals surface area contributed by atoms with Gasteiger partial charge in [-0.25, -0.2) is 0 Å². The number of rotatable bonds is 7. The van der Waals surface area contributed by atoms with Crippen molar-refractivity contribution < 1.29 is 0 Å². The lowest BCUT2D eigenvalue weighted by Gasteiger charge is -2.26. The summed E-state index contributed by atoms with van der Waals surface area (Å²) in [4.78, 5) is 6.86. The van der Waals surface area contributed by atoms with Gasteiger partial charge in [0.2, 0.25) is 0 Å². The number of likely N-dealkylation sites (N-methyl/N-ethyl adjacent to an activating group) is 1. The van der Waals surface area contributed by atoms with E-state index >= 15 is 0 Å². The van der Waals surface area contributed by atoms with Crippen LogP contribution in [0.15, 0.2) is 24.4 Å². The zero-order valence-electron chi connectivity index (χ0n) is 12.3. The molecule has 106 valence electrons. The van der Waals surface area contributed by atoms with Gasteiger partial charge in [-0.15, -0.1) is 0 Å². The molecule has 0 bridgehead atoms. The average Bonchev–Trinajstić information content (AvgIpc) is 2.85. The molecule has 1 fully saturated rings. The average molecular weight is 261 g/mol. The van der Waals surface area contributed by atoms with Crippen molar-refractivity contribution in [3.05, 3.63) is 30.1 Å². The lowest BCUT2D eigenvalue weighted by molar-refractivity contribution is 0.254. The number of hydrogen-bond acceptors (Lipinski definition) is 3. The van der Waals surface area contributed by atoms with Gasteiger partial charge < -0.3 is 10.2 Å². The van der Waals surface area contributed by atoms with Gasteiger partial charge in [0.15, 0.2) is 0 Å². The molecule has 1 aliphatic carbocycles. The Hall–Kier alpha value is -0.930. The number of nitrogens with zero attached hydrogens (tertiary/aromatic N) is 2. The second-order valence-electron chi connectivity index (χ2n) is 5.69. The lowest BCUT2D eigenvalue weighted by atomic mass is 10.0. The van der Waals surface area contributed by atoms with E-state index in [1.165, 1.54) is 31.5 Å². The van der Waals surface area contributed by atoms with Crippen LogP contribution in [0.2, 0.25) is 0 Å². The monoisotopic (exact) mass is 261 g/mol. The summed E-state index contributed by atoms with van der Waals surface area (Å²) in [5.74, 6) is 0.827. The number of pyridine rings is 1. The van der Waals surface area contributed by atoms with E-state index in [0.29, 0.717) is 0 Å². The zero-order valence-corrected chi connectivity index (χ0v) is 12.3. The van der Waals surface area contributed by atoms with E-state index < -0.39 is 0 Å². The van der Waals surface area contributed by atoms with E-state index in [-0.39, 0.29) is 0 Å². The third-order valence-corrected chi connectivity index (χ3v) is 4.15. The minimum atomic E-state index is 0.738. The summed E-state index contributed by atoms with van der Waals surface area (Å²) in [5, 5.41) is 3.63. The van der Waals surface area contributed by atoms with Crippen molar-refractivity contribution in [3.8, 4) is 0 Å². The van der Waals surface area contributed by atoms with Gasteiger partial charge in [0, 0.05) is 37.4 Å². The topological polar surface area (TPSA) is 28.2 Å². The molecule has 2 rings (SSSR count). The molecule has 2 unspecified atom stereocenters. The van der Waals surface area contributed by atoms with Crippen LogP contribution in [0.25, 0.3) is 0 Å². The summed E-state index contributed by atoms with van der Waals surface area (Å²) >= 11 is 0. The highest BCUT2D eigenvalue weighted by Crippen LogP contribution is 2.26. The van der Waals surface area contributed by atoms with Crippen LogP contribution in [-0.4, -0.2) is 42.6 Å². The Balaban J connectivity index is 1.73. The van der Waals surface area contributed by atoms with Gasteiger partial charge in [-0.05, 0) is 44.5 Å². The SMILES string of the molecule is CCNC1CCCC1CN(C)CCc1ccccn1. The largest absolute Gasteiger partial charge is 0.314 e. The molecule has 1 aromatic rings. The van der Waals surface area contributed by atoms with E-state index in [2.05, 4.69) is 41.3 Å². The van der Waals surface area contributed by atoms with Gasteiger partial charge in [-0.3, -0.25) is 4.98 Å². The molecule has 3 heteroatoms. The minimum Gasteiger partial charge on any atom is -0.314 e. The first-order valence-corrected chi connectivity index (χ1v) is 7.61. The maximum atomic E-state index is 4.39. The van der Waals surface area contributed by atoms with Crippen molar-refractivity contribution in [2.45, 2.75) is 38.6 Å². The molecule has 0 saturated heterocycles. The summed E-state index contributed by atoms with van der Waals surface area (Å²) in [6.45, 7) is 5.62. The molecule has 3 nitrogen and oxygen atoms in total. The van der Waals surface area contributed by atoms with Gasteiger partial charge in [0.05, 0.1) is 0 Å². The molecule has 1 heterocycles. The molecule has 1 saturated carbocycles. The molecule has 0 spiro atoms. The van der Waals surface area contributed by atoms with Gasteiger partial charge in [0.25, 0.3) is 0 Å². The maximum Gasteiger partial charge on any atom is 0.0416 e. The fraction of sp³-hybridized carbons (Fsp3) is 0.688. The third-order valence-electron chi connectivity index (χ3n) is 4.15. The van der Waals surface area contributed by atoms with E-state index in [0.717, 1.165) is 31.5 Å². The molecule has 1 aliphatic rings. The second kappa shape index (κ2) is 7.61. The van der Waals surface area contributed by atoms with Crippen LogP contribution in [0.3, 0.4) is 0 Å². The number of nitrogens with one attached hydrogen (secondary N) is 1. The molecule has 0 aliphatic heterocycles. The highest BCUT2D eigenvalue weighted by Gasteiger charge is 2.27. The Morgan fingerprint density at radius 2 is 2.26 bits per heavy atom. The lowest BCUT2D eigenvalue weighted by Crippen LogP contribution is -2.38. The van der Waals surface area contributed by atoms with Crippen molar-refractivity contribution >= 4 is 0 Å². The molecule has 2 atom stereocenters. The van der Waals surface area contributed by atoms with Crippen molar-refractivity contribution in [2.75, 3.05) is 26.7 Å². The molecule has 0 aromatic carbocycles. The Kier molecular flexibility index (Phi) is 5.80. The van der Waals surface area contributed by atoms with Gasteiger partial charge in [-0.1, -0.05) is 19.4 Å². The van der Waals surface area contributed by atoms with Gasteiger partial charge in [0.1, 0.15) is 0 Å². The first kappa shape index (κ1) is 14.5. The highest BCUT2D eigenvalue weighted by molar-refractivity contribution is 5.03. The maximum absolute atomic E-state index is 4.39. The van der Waals surface area contributed by atoms with Crippen molar-refractivity contribution in [1.82, 2.24) is 15.2 Å². The van der Waals surface area contributed by atoms with Crippen LogP contribution in [0.1, 0.15) is 31.9 Å². The van der Waals surface area contributed by atoms with Crippen molar-refractivity contribution in [1.29, 1.82) is 0 Å². The quantitative estimate of drug-likeness (QED) is 0.816. The standard InChI is InChI=1S/C16H27N3/c1-3-17-16-9-6-7-14(16)13-19(2)12-10-15-8-4-5-11-18-15/h4-5,8,11,14,16-17H,3,6-7,9-10,12-13H2,1-2H3. The second-order valence-corrected chi connectivity index (χ2v) is 5.69. The minimum absolute atomic E-state index is 0.738. The molecular weight excluding hydrogens is 234 g/mol. The first-order valence-electron chi connectivity index (χ1n) is 7.61. The van der Waals surface area contributed by atoms with Crippen LogP contribution in [0.5, 0.6) is 0 Å². The predicted molar refractivity (Wildman–Crippen MR) is 80.2 cm³/mol. The molecular formula is C16H27N3. The van der Waals surface area contributed by atoms with E-state index in [1.807, 2.05) is 12.3 Å². The van der Waals surface area contributed by atoms with E-state index in [1.54, 1.807) is 0 Å². The summed E-state index contributed by atoms with van der Waals surface area (Å²) in [6, 6.07) is 6.90. The number of aromatic nitrogens is 1.